The second-order valence-electron chi connectivity index (χ2n) is 6.77. The summed E-state index contributed by atoms with van der Waals surface area (Å²) >= 11 is 0. The molecular formula is C20H22N6O2. The number of H-pyrrole nitrogens is 1. The van der Waals surface area contributed by atoms with Gasteiger partial charge in [0, 0.05) is 63.7 Å². The van der Waals surface area contributed by atoms with Crippen LogP contribution in [0.4, 0.5) is 0 Å². The molecule has 4 rings (SSSR count). The quantitative estimate of drug-likeness (QED) is 0.692. The Morgan fingerprint density at radius 2 is 2.07 bits per heavy atom. The predicted molar refractivity (Wildman–Crippen MR) is 104 cm³/mol. The van der Waals surface area contributed by atoms with Crippen LogP contribution in [0, 0.1) is 0 Å². The number of methoxy groups -OCH3 is 1. The van der Waals surface area contributed by atoms with Gasteiger partial charge in [-0.05, 0) is 12.1 Å². The zero-order valence-electron chi connectivity index (χ0n) is 15.8. The molecule has 3 aromatic rings. The van der Waals surface area contributed by atoms with Crippen molar-refractivity contribution in [3.63, 3.8) is 0 Å². The molecule has 4 heterocycles. The summed E-state index contributed by atoms with van der Waals surface area (Å²) in [7, 11) is 1.67. The Kier molecular flexibility index (Phi) is 5.50. The number of hydrogen-bond donors (Lipinski definition) is 1. The Morgan fingerprint density at radius 3 is 2.82 bits per heavy atom. The molecule has 0 spiro atoms. The summed E-state index contributed by atoms with van der Waals surface area (Å²) < 4.78 is 5.05. The first-order valence-electron chi connectivity index (χ1n) is 9.27. The normalized spacial score (nSPS) is 14.0. The van der Waals surface area contributed by atoms with E-state index < -0.39 is 0 Å². The van der Waals surface area contributed by atoms with Crippen molar-refractivity contribution in [1.82, 2.24) is 29.8 Å². The summed E-state index contributed by atoms with van der Waals surface area (Å²) in [6.07, 6.45) is 6.82. The average molecular weight is 378 g/mol. The van der Waals surface area contributed by atoms with Crippen LogP contribution >= 0.6 is 0 Å². The van der Waals surface area contributed by atoms with Gasteiger partial charge in [-0.25, -0.2) is 15.0 Å². The number of aromatic nitrogens is 5. The first-order chi connectivity index (χ1) is 13.7. The van der Waals surface area contributed by atoms with Gasteiger partial charge >= 0.3 is 0 Å². The minimum Gasteiger partial charge on any atom is -0.384 e. The third-order valence-electron chi connectivity index (χ3n) is 4.75. The Balaban J connectivity index is 1.47. The molecule has 1 aliphatic rings. The number of hydrogen-bond acceptors (Lipinski definition) is 7. The van der Waals surface area contributed by atoms with Gasteiger partial charge in [-0.15, -0.1) is 0 Å². The van der Waals surface area contributed by atoms with Crippen molar-refractivity contribution < 1.29 is 4.74 Å². The molecule has 0 bridgehead atoms. The highest BCUT2D eigenvalue weighted by atomic mass is 16.5. The maximum absolute atomic E-state index is 12.6. The number of rotatable bonds is 6. The van der Waals surface area contributed by atoms with Crippen LogP contribution in [0.5, 0.6) is 0 Å². The smallest absolute Gasteiger partial charge is 0.255 e. The van der Waals surface area contributed by atoms with E-state index in [4.69, 9.17) is 4.74 Å². The minimum absolute atomic E-state index is 0.0958. The van der Waals surface area contributed by atoms with Crippen LogP contribution in [-0.4, -0.2) is 50.1 Å². The van der Waals surface area contributed by atoms with Gasteiger partial charge in [-0.3, -0.25) is 14.7 Å². The molecule has 0 aromatic carbocycles. The molecule has 8 heteroatoms. The van der Waals surface area contributed by atoms with E-state index in [1.54, 1.807) is 13.3 Å². The van der Waals surface area contributed by atoms with Crippen LogP contribution in [0.25, 0.3) is 11.5 Å². The molecule has 0 aliphatic carbocycles. The first kappa shape index (κ1) is 18.4. The molecule has 0 saturated heterocycles. The van der Waals surface area contributed by atoms with E-state index in [0.29, 0.717) is 37.6 Å². The molecule has 0 atom stereocenters. The van der Waals surface area contributed by atoms with Crippen molar-refractivity contribution in [3.05, 3.63) is 69.8 Å². The van der Waals surface area contributed by atoms with Crippen molar-refractivity contribution in [2.24, 2.45) is 0 Å². The average Bonchev–Trinajstić information content (AvgIpc) is 2.74. The summed E-state index contributed by atoms with van der Waals surface area (Å²) in [5.74, 6) is 1.30. The van der Waals surface area contributed by atoms with Crippen LogP contribution in [0.15, 0.2) is 41.6 Å². The third kappa shape index (κ3) is 4.13. The molecule has 0 saturated carbocycles. The van der Waals surface area contributed by atoms with Gasteiger partial charge < -0.3 is 9.72 Å². The topological polar surface area (TPSA) is 96.9 Å². The highest BCUT2D eigenvalue weighted by molar-refractivity contribution is 5.49. The van der Waals surface area contributed by atoms with Gasteiger partial charge in [0.25, 0.3) is 5.56 Å². The molecule has 3 aromatic heterocycles. The second-order valence-corrected chi connectivity index (χ2v) is 6.77. The number of aromatic amines is 1. The molecule has 0 unspecified atom stereocenters. The van der Waals surface area contributed by atoms with Crippen molar-refractivity contribution in [1.29, 1.82) is 0 Å². The van der Waals surface area contributed by atoms with E-state index in [2.05, 4.69) is 29.8 Å². The van der Waals surface area contributed by atoms with Crippen molar-refractivity contribution in [2.75, 3.05) is 20.3 Å². The molecular weight excluding hydrogens is 356 g/mol. The Morgan fingerprint density at radius 1 is 1.21 bits per heavy atom. The summed E-state index contributed by atoms with van der Waals surface area (Å²) in [5.41, 5.74) is 3.19. The summed E-state index contributed by atoms with van der Waals surface area (Å²) in [6, 6.07) is 5.56. The summed E-state index contributed by atoms with van der Waals surface area (Å²) in [4.78, 5) is 35.4. The zero-order valence-corrected chi connectivity index (χ0v) is 15.8. The van der Waals surface area contributed by atoms with Gasteiger partial charge in [0.05, 0.1) is 17.9 Å². The van der Waals surface area contributed by atoms with Crippen molar-refractivity contribution in [2.45, 2.75) is 25.9 Å². The Labute approximate surface area is 162 Å². The largest absolute Gasteiger partial charge is 0.384 e. The van der Waals surface area contributed by atoms with E-state index in [1.807, 2.05) is 30.6 Å². The van der Waals surface area contributed by atoms with Crippen LogP contribution in [0.2, 0.25) is 0 Å². The highest BCUT2D eigenvalue weighted by Crippen LogP contribution is 2.18. The lowest BCUT2D eigenvalue weighted by Crippen LogP contribution is -2.35. The Bertz CT molecular complexity index is 988. The molecule has 8 nitrogen and oxygen atoms in total. The van der Waals surface area contributed by atoms with E-state index >= 15 is 0 Å². The second kappa shape index (κ2) is 8.37. The lowest BCUT2D eigenvalue weighted by atomic mass is 10.1. The maximum atomic E-state index is 12.6. The molecule has 144 valence electrons. The molecule has 0 amide bonds. The van der Waals surface area contributed by atoms with Gasteiger partial charge in [-0.1, -0.05) is 6.07 Å². The zero-order chi connectivity index (χ0) is 19.3. The fourth-order valence-corrected chi connectivity index (χ4v) is 3.28. The molecule has 28 heavy (non-hydrogen) atoms. The predicted octanol–water partition coefficient (Wildman–Crippen LogP) is 1.37. The van der Waals surface area contributed by atoms with Gasteiger partial charge in [-0.2, -0.15) is 0 Å². The van der Waals surface area contributed by atoms with E-state index in [0.717, 1.165) is 35.6 Å². The van der Waals surface area contributed by atoms with Crippen molar-refractivity contribution >= 4 is 0 Å². The lowest BCUT2D eigenvalue weighted by Gasteiger charge is -2.27. The SMILES string of the molecule is COCCc1ncc(CN2CCc3nc(-c4ccccn4)[nH]c(=O)c3C2)cn1. The summed E-state index contributed by atoms with van der Waals surface area (Å²) in [6.45, 7) is 2.70. The van der Waals surface area contributed by atoms with Crippen LogP contribution < -0.4 is 5.56 Å². The number of pyridine rings is 1. The third-order valence-corrected chi connectivity index (χ3v) is 4.75. The summed E-state index contributed by atoms with van der Waals surface area (Å²) in [5, 5.41) is 0. The van der Waals surface area contributed by atoms with Crippen LogP contribution in [0.3, 0.4) is 0 Å². The molecule has 0 fully saturated rings. The van der Waals surface area contributed by atoms with Gasteiger partial charge in [0.15, 0.2) is 5.82 Å². The molecule has 1 N–H and O–H groups in total. The number of nitrogens with zero attached hydrogens (tertiary/aromatic N) is 5. The fourth-order valence-electron chi connectivity index (χ4n) is 3.28. The number of ether oxygens (including phenoxy) is 1. The van der Waals surface area contributed by atoms with Gasteiger partial charge in [0.1, 0.15) is 11.5 Å². The number of nitrogens with one attached hydrogen (secondary N) is 1. The van der Waals surface area contributed by atoms with Crippen molar-refractivity contribution in [3.8, 4) is 11.5 Å². The van der Waals surface area contributed by atoms with E-state index in [-0.39, 0.29) is 5.56 Å². The van der Waals surface area contributed by atoms with Crippen LogP contribution in [0.1, 0.15) is 22.6 Å². The molecule has 0 radical (unpaired) electrons. The fraction of sp³-hybridized carbons (Fsp3) is 0.350. The number of fused-ring (bicyclic) bond motifs is 1. The standard InChI is InChI=1S/C20H22N6O2/c1-28-9-6-18-22-10-14(11-23-18)12-26-8-5-16-15(13-26)20(27)25-19(24-16)17-4-2-3-7-21-17/h2-4,7,10-11H,5-6,8-9,12-13H2,1H3,(H,24,25,27). The first-order valence-corrected chi connectivity index (χ1v) is 9.27. The minimum atomic E-state index is -0.0958. The van der Waals surface area contributed by atoms with E-state index in [1.165, 1.54) is 0 Å². The van der Waals surface area contributed by atoms with Crippen LogP contribution in [-0.2, 0) is 30.7 Å². The lowest BCUT2D eigenvalue weighted by molar-refractivity contribution is 0.200. The van der Waals surface area contributed by atoms with Gasteiger partial charge in [0.2, 0.25) is 0 Å². The monoisotopic (exact) mass is 378 g/mol. The molecule has 1 aliphatic heterocycles. The Hall–Kier alpha value is -2.97. The highest BCUT2D eigenvalue weighted by Gasteiger charge is 2.22. The van der Waals surface area contributed by atoms with E-state index in [9.17, 15) is 4.79 Å². The maximum Gasteiger partial charge on any atom is 0.255 e.